The van der Waals surface area contributed by atoms with Crippen molar-refractivity contribution >= 4 is 5.78 Å². The quantitative estimate of drug-likeness (QED) is 0.577. The number of carbonyl (C=O) groups excluding carboxylic acids is 1. The second kappa shape index (κ2) is 4.46. The van der Waals surface area contributed by atoms with E-state index in [-0.39, 0.29) is 5.78 Å². The maximum Gasteiger partial charge on any atom is 0.143 e. The molecule has 11 heavy (non-hydrogen) atoms. The second-order valence-corrected chi connectivity index (χ2v) is 2.94. The van der Waals surface area contributed by atoms with Gasteiger partial charge in [0.15, 0.2) is 0 Å². The van der Waals surface area contributed by atoms with Gasteiger partial charge in [-0.25, -0.2) is 0 Å². The molecule has 0 aromatic carbocycles. The summed E-state index contributed by atoms with van der Waals surface area (Å²) in [5, 5.41) is 0. The van der Waals surface area contributed by atoms with Gasteiger partial charge in [0.05, 0.1) is 13.2 Å². The highest BCUT2D eigenvalue weighted by Crippen LogP contribution is 1.97. The molecular formula is C8H15NO2. The number of rotatable bonds is 2. The lowest BCUT2D eigenvalue weighted by Gasteiger charge is -2.16. The third-order valence-corrected chi connectivity index (χ3v) is 1.76. The van der Waals surface area contributed by atoms with Gasteiger partial charge in [0, 0.05) is 19.7 Å². The summed E-state index contributed by atoms with van der Waals surface area (Å²) in [6.45, 7) is 5.73. The predicted molar refractivity (Wildman–Crippen MR) is 42.6 cm³/mol. The van der Waals surface area contributed by atoms with Crippen molar-refractivity contribution in [3.63, 3.8) is 0 Å². The third-order valence-electron chi connectivity index (χ3n) is 1.76. The molecule has 1 saturated heterocycles. The molecule has 0 bridgehead atoms. The smallest absolute Gasteiger partial charge is 0.143 e. The van der Waals surface area contributed by atoms with Crippen LogP contribution in [-0.2, 0) is 9.53 Å². The first-order valence-electron chi connectivity index (χ1n) is 4.08. The van der Waals surface area contributed by atoms with Gasteiger partial charge in [0.1, 0.15) is 5.78 Å². The Balaban J connectivity index is 2.25. The van der Waals surface area contributed by atoms with Crippen LogP contribution in [0.5, 0.6) is 0 Å². The van der Waals surface area contributed by atoms with E-state index >= 15 is 0 Å². The molecule has 0 saturated carbocycles. The van der Waals surface area contributed by atoms with E-state index in [1.807, 2.05) is 0 Å². The SMILES string of the molecule is CC(=O)CN1CCCOCC1. The van der Waals surface area contributed by atoms with Crippen molar-refractivity contribution in [2.45, 2.75) is 13.3 Å². The molecule has 0 aromatic heterocycles. The number of Topliss-reactive ketones (excluding diaryl/α,β-unsaturated/α-hetero) is 1. The standard InChI is InChI=1S/C8H15NO2/c1-8(10)7-9-3-2-5-11-6-4-9/h2-7H2,1H3. The molecule has 1 heterocycles. The van der Waals surface area contributed by atoms with E-state index in [2.05, 4.69) is 4.90 Å². The molecule has 1 rings (SSSR count). The minimum Gasteiger partial charge on any atom is -0.380 e. The van der Waals surface area contributed by atoms with Crippen LogP contribution < -0.4 is 0 Å². The van der Waals surface area contributed by atoms with E-state index in [0.29, 0.717) is 6.54 Å². The predicted octanol–water partition coefficient (Wildman–Crippen LogP) is 0.298. The molecule has 3 nitrogen and oxygen atoms in total. The Hall–Kier alpha value is -0.410. The molecule has 0 radical (unpaired) electrons. The summed E-state index contributed by atoms with van der Waals surface area (Å²) in [5.41, 5.74) is 0. The van der Waals surface area contributed by atoms with Gasteiger partial charge in [-0.1, -0.05) is 0 Å². The van der Waals surface area contributed by atoms with Crippen LogP contribution in [0.4, 0.5) is 0 Å². The molecule has 0 spiro atoms. The number of ether oxygens (including phenoxy) is 1. The molecule has 0 unspecified atom stereocenters. The zero-order chi connectivity index (χ0) is 8.10. The highest BCUT2D eigenvalue weighted by molar-refractivity contribution is 5.77. The average molecular weight is 157 g/mol. The van der Waals surface area contributed by atoms with Crippen molar-refractivity contribution in [1.29, 1.82) is 0 Å². The molecular weight excluding hydrogens is 142 g/mol. The lowest BCUT2D eigenvalue weighted by molar-refractivity contribution is -0.118. The monoisotopic (exact) mass is 157 g/mol. The Labute approximate surface area is 67.3 Å². The van der Waals surface area contributed by atoms with E-state index in [9.17, 15) is 4.79 Å². The fraction of sp³-hybridized carbons (Fsp3) is 0.875. The van der Waals surface area contributed by atoms with E-state index < -0.39 is 0 Å². The Kier molecular flexibility index (Phi) is 3.52. The zero-order valence-corrected chi connectivity index (χ0v) is 7.01. The first-order chi connectivity index (χ1) is 5.29. The molecule has 0 amide bonds. The number of hydrogen-bond donors (Lipinski definition) is 0. The van der Waals surface area contributed by atoms with E-state index in [1.165, 1.54) is 0 Å². The Morgan fingerprint density at radius 3 is 3.00 bits per heavy atom. The fourth-order valence-electron chi connectivity index (χ4n) is 1.27. The van der Waals surface area contributed by atoms with Crippen LogP contribution in [0.25, 0.3) is 0 Å². The van der Waals surface area contributed by atoms with Crippen molar-refractivity contribution in [3.8, 4) is 0 Å². The van der Waals surface area contributed by atoms with Crippen molar-refractivity contribution < 1.29 is 9.53 Å². The molecule has 64 valence electrons. The van der Waals surface area contributed by atoms with Crippen molar-refractivity contribution in [1.82, 2.24) is 4.90 Å². The molecule has 1 fully saturated rings. The normalized spacial score (nSPS) is 21.2. The van der Waals surface area contributed by atoms with Crippen molar-refractivity contribution in [2.75, 3.05) is 32.8 Å². The lowest BCUT2D eigenvalue weighted by atomic mass is 10.3. The number of hydrogen-bond acceptors (Lipinski definition) is 3. The van der Waals surface area contributed by atoms with Gasteiger partial charge in [0.2, 0.25) is 0 Å². The van der Waals surface area contributed by atoms with Crippen LogP contribution in [0.15, 0.2) is 0 Å². The highest BCUT2D eigenvalue weighted by atomic mass is 16.5. The molecule has 0 atom stereocenters. The largest absolute Gasteiger partial charge is 0.380 e. The van der Waals surface area contributed by atoms with Gasteiger partial charge in [-0.2, -0.15) is 0 Å². The van der Waals surface area contributed by atoms with Gasteiger partial charge >= 0.3 is 0 Å². The van der Waals surface area contributed by atoms with Crippen LogP contribution in [-0.4, -0.2) is 43.5 Å². The molecule has 0 aromatic rings. The summed E-state index contributed by atoms with van der Waals surface area (Å²) in [6.07, 6.45) is 1.05. The summed E-state index contributed by atoms with van der Waals surface area (Å²) in [5.74, 6) is 0.243. The first-order valence-corrected chi connectivity index (χ1v) is 4.08. The third kappa shape index (κ3) is 3.49. The number of nitrogens with zero attached hydrogens (tertiary/aromatic N) is 1. The number of carbonyl (C=O) groups is 1. The number of ketones is 1. The summed E-state index contributed by atoms with van der Waals surface area (Å²) in [7, 11) is 0. The van der Waals surface area contributed by atoms with Crippen LogP contribution in [0.2, 0.25) is 0 Å². The van der Waals surface area contributed by atoms with E-state index in [0.717, 1.165) is 32.7 Å². The van der Waals surface area contributed by atoms with Crippen LogP contribution in [0.1, 0.15) is 13.3 Å². The van der Waals surface area contributed by atoms with Gasteiger partial charge < -0.3 is 4.74 Å². The second-order valence-electron chi connectivity index (χ2n) is 2.94. The van der Waals surface area contributed by atoms with Crippen LogP contribution in [0, 0.1) is 0 Å². The Bertz CT molecular complexity index is 128. The molecule has 3 heteroatoms. The average Bonchev–Trinajstić information content (AvgIpc) is 2.14. The maximum absolute atomic E-state index is 10.7. The minimum atomic E-state index is 0.243. The molecule has 1 aliphatic rings. The summed E-state index contributed by atoms with van der Waals surface area (Å²) < 4.78 is 5.25. The van der Waals surface area contributed by atoms with Gasteiger partial charge in [-0.05, 0) is 13.3 Å². The van der Waals surface area contributed by atoms with E-state index in [4.69, 9.17) is 4.74 Å². The summed E-state index contributed by atoms with van der Waals surface area (Å²) >= 11 is 0. The Morgan fingerprint density at radius 1 is 1.45 bits per heavy atom. The summed E-state index contributed by atoms with van der Waals surface area (Å²) in [4.78, 5) is 12.9. The first kappa shape index (κ1) is 8.68. The van der Waals surface area contributed by atoms with Crippen LogP contribution >= 0.6 is 0 Å². The zero-order valence-electron chi connectivity index (χ0n) is 7.01. The highest BCUT2D eigenvalue weighted by Gasteiger charge is 2.09. The van der Waals surface area contributed by atoms with Gasteiger partial charge in [0.25, 0.3) is 0 Å². The lowest BCUT2D eigenvalue weighted by Crippen LogP contribution is -2.30. The van der Waals surface area contributed by atoms with Gasteiger partial charge in [-0.15, -0.1) is 0 Å². The minimum absolute atomic E-state index is 0.243. The van der Waals surface area contributed by atoms with Crippen molar-refractivity contribution in [2.24, 2.45) is 0 Å². The molecule has 0 aliphatic carbocycles. The van der Waals surface area contributed by atoms with E-state index in [1.54, 1.807) is 6.92 Å². The van der Waals surface area contributed by atoms with Gasteiger partial charge in [-0.3, -0.25) is 9.69 Å². The summed E-state index contributed by atoms with van der Waals surface area (Å²) in [6, 6.07) is 0. The molecule has 0 N–H and O–H groups in total. The fourth-order valence-corrected chi connectivity index (χ4v) is 1.27. The maximum atomic E-state index is 10.7. The van der Waals surface area contributed by atoms with Crippen molar-refractivity contribution in [3.05, 3.63) is 0 Å². The van der Waals surface area contributed by atoms with Crippen LogP contribution in [0.3, 0.4) is 0 Å². The topological polar surface area (TPSA) is 29.5 Å². The molecule has 1 aliphatic heterocycles. The Morgan fingerprint density at radius 2 is 2.27 bits per heavy atom.